The van der Waals surface area contributed by atoms with Crippen molar-refractivity contribution in [1.82, 2.24) is 9.78 Å². The van der Waals surface area contributed by atoms with E-state index in [9.17, 15) is 0 Å². The zero-order valence-corrected chi connectivity index (χ0v) is 9.41. The molecule has 6 nitrogen and oxygen atoms in total. The molecule has 0 aromatic carbocycles. The quantitative estimate of drug-likeness (QED) is 0.339. The van der Waals surface area contributed by atoms with Crippen LogP contribution in [-0.2, 0) is 4.74 Å². The topological polar surface area (TPSA) is 75.8 Å². The van der Waals surface area contributed by atoms with Crippen LogP contribution in [0.1, 0.15) is 31.1 Å². The summed E-state index contributed by atoms with van der Waals surface area (Å²) in [5.41, 5.74) is 8.91. The van der Waals surface area contributed by atoms with Gasteiger partial charge in [0, 0.05) is 17.7 Å². The van der Waals surface area contributed by atoms with Gasteiger partial charge in [-0.05, 0) is 24.8 Å². The molecular formula is C11H13N5O. The molecule has 88 valence electrons. The van der Waals surface area contributed by atoms with Crippen molar-refractivity contribution in [3.8, 4) is 11.8 Å². The van der Waals surface area contributed by atoms with E-state index in [0.29, 0.717) is 0 Å². The van der Waals surface area contributed by atoms with Gasteiger partial charge in [-0.2, -0.15) is 5.10 Å². The zero-order valence-electron chi connectivity index (χ0n) is 9.41. The third-order valence-electron chi connectivity index (χ3n) is 2.50. The van der Waals surface area contributed by atoms with Gasteiger partial charge in [-0.1, -0.05) is 17.0 Å². The van der Waals surface area contributed by atoms with E-state index in [1.54, 1.807) is 10.9 Å². The molecule has 1 atom stereocenters. The van der Waals surface area contributed by atoms with E-state index in [4.69, 9.17) is 10.3 Å². The van der Waals surface area contributed by atoms with Gasteiger partial charge < -0.3 is 4.74 Å². The summed E-state index contributed by atoms with van der Waals surface area (Å²) >= 11 is 0. The van der Waals surface area contributed by atoms with E-state index in [1.807, 2.05) is 6.20 Å². The molecule has 1 aliphatic heterocycles. The molecule has 0 saturated carbocycles. The highest BCUT2D eigenvalue weighted by Gasteiger charge is 2.15. The normalized spacial score (nSPS) is 18.9. The summed E-state index contributed by atoms with van der Waals surface area (Å²) in [5.74, 6) is 5.64. The van der Waals surface area contributed by atoms with Crippen LogP contribution in [0.5, 0.6) is 0 Å². The maximum Gasteiger partial charge on any atom is 0.150 e. The minimum absolute atomic E-state index is 0.0384. The Morgan fingerprint density at radius 3 is 3.35 bits per heavy atom. The van der Waals surface area contributed by atoms with Crippen LogP contribution in [0.3, 0.4) is 0 Å². The first-order chi connectivity index (χ1) is 8.40. The van der Waals surface area contributed by atoms with E-state index < -0.39 is 0 Å². The fourth-order valence-electron chi connectivity index (χ4n) is 1.70. The van der Waals surface area contributed by atoms with Crippen LogP contribution in [0, 0.1) is 11.8 Å². The van der Waals surface area contributed by atoms with Crippen LogP contribution in [0.2, 0.25) is 0 Å². The summed E-state index contributed by atoms with van der Waals surface area (Å²) < 4.78 is 7.41. The average Bonchev–Trinajstić information content (AvgIpc) is 2.85. The maximum absolute atomic E-state index is 8.10. The molecule has 0 unspecified atom stereocenters. The Morgan fingerprint density at radius 2 is 2.59 bits per heavy atom. The van der Waals surface area contributed by atoms with Gasteiger partial charge in [0.05, 0.1) is 18.3 Å². The van der Waals surface area contributed by atoms with Gasteiger partial charge in [0.1, 0.15) is 6.23 Å². The molecule has 6 heteroatoms. The fourth-order valence-corrected chi connectivity index (χ4v) is 1.70. The van der Waals surface area contributed by atoms with Crippen molar-refractivity contribution in [3.63, 3.8) is 0 Å². The second kappa shape index (κ2) is 5.94. The van der Waals surface area contributed by atoms with Crippen LogP contribution in [0.25, 0.3) is 10.4 Å². The molecule has 0 spiro atoms. The predicted octanol–water partition coefficient (Wildman–Crippen LogP) is 2.24. The van der Waals surface area contributed by atoms with Crippen molar-refractivity contribution < 1.29 is 4.74 Å². The van der Waals surface area contributed by atoms with Crippen LogP contribution in [-0.4, -0.2) is 22.9 Å². The third kappa shape index (κ3) is 3.25. The van der Waals surface area contributed by atoms with E-state index in [-0.39, 0.29) is 12.8 Å². The molecule has 1 aromatic rings. The number of aromatic nitrogens is 2. The van der Waals surface area contributed by atoms with Crippen LogP contribution in [0.15, 0.2) is 17.5 Å². The Balaban J connectivity index is 1.98. The lowest BCUT2D eigenvalue weighted by molar-refractivity contribution is -0.0395. The standard InChI is InChI=1S/C11H13N5O/c12-15-13-6-3-4-10-8-14-16(9-10)11-5-1-2-7-17-11/h8-9,11H,1-2,5-7H2/t11-/m0/s1. The summed E-state index contributed by atoms with van der Waals surface area (Å²) in [7, 11) is 0. The molecule has 2 rings (SSSR count). The van der Waals surface area contributed by atoms with Crippen molar-refractivity contribution in [2.24, 2.45) is 5.11 Å². The van der Waals surface area contributed by atoms with Gasteiger partial charge in [-0.15, -0.1) is 0 Å². The summed E-state index contributed by atoms with van der Waals surface area (Å²) in [4.78, 5) is 2.63. The Kier molecular flexibility index (Phi) is 4.03. The van der Waals surface area contributed by atoms with Gasteiger partial charge in [0.25, 0.3) is 0 Å². The Labute approximate surface area is 99.2 Å². The zero-order chi connectivity index (χ0) is 11.9. The third-order valence-corrected chi connectivity index (χ3v) is 2.50. The first kappa shape index (κ1) is 11.5. The van der Waals surface area contributed by atoms with Crippen molar-refractivity contribution in [1.29, 1.82) is 0 Å². The number of azide groups is 1. The van der Waals surface area contributed by atoms with Gasteiger partial charge in [-0.25, -0.2) is 4.68 Å². The second-order valence-electron chi connectivity index (χ2n) is 3.72. The van der Waals surface area contributed by atoms with Gasteiger partial charge in [0.2, 0.25) is 0 Å². The molecule has 17 heavy (non-hydrogen) atoms. The largest absolute Gasteiger partial charge is 0.357 e. The highest BCUT2D eigenvalue weighted by atomic mass is 16.5. The predicted molar refractivity (Wildman–Crippen MR) is 62.0 cm³/mol. The maximum atomic E-state index is 8.10. The smallest absolute Gasteiger partial charge is 0.150 e. The van der Waals surface area contributed by atoms with E-state index in [0.717, 1.165) is 25.0 Å². The summed E-state index contributed by atoms with van der Waals surface area (Å²) in [6, 6.07) is 0. The molecular weight excluding hydrogens is 218 g/mol. The molecule has 1 aliphatic rings. The lowest BCUT2D eigenvalue weighted by Gasteiger charge is -2.22. The van der Waals surface area contributed by atoms with Gasteiger partial charge in [0.15, 0.2) is 0 Å². The lowest BCUT2D eigenvalue weighted by atomic mass is 10.2. The monoisotopic (exact) mass is 231 g/mol. The minimum Gasteiger partial charge on any atom is -0.357 e. The van der Waals surface area contributed by atoms with Crippen LogP contribution < -0.4 is 0 Å². The Morgan fingerprint density at radius 1 is 1.65 bits per heavy atom. The summed E-state index contributed by atoms with van der Waals surface area (Å²) in [6.45, 7) is 0.976. The molecule has 0 N–H and O–H groups in total. The summed E-state index contributed by atoms with van der Waals surface area (Å²) in [5, 5.41) is 7.56. The highest BCUT2D eigenvalue weighted by Crippen LogP contribution is 2.21. The average molecular weight is 231 g/mol. The molecule has 0 amide bonds. The molecule has 1 aromatic heterocycles. The second-order valence-corrected chi connectivity index (χ2v) is 3.72. The molecule has 0 bridgehead atoms. The van der Waals surface area contributed by atoms with Crippen molar-refractivity contribution in [2.75, 3.05) is 13.2 Å². The minimum atomic E-state index is 0.0384. The van der Waals surface area contributed by atoms with E-state index >= 15 is 0 Å². The van der Waals surface area contributed by atoms with Crippen LogP contribution >= 0.6 is 0 Å². The number of hydrogen-bond acceptors (Lipinski definition) is 3. The first-order valence-electron chi connectivity index (χ1n) is 5.55. The molecule has 1 saturated heterocycles. The van der Waals surface area contributed by atoms with Crippen LogP contribution in [0.4, 0.5) is 0 Å². The highest BCUT2D eigenvalue weighted by molar-refractivity contribution is 5.30. The van der Waals surface area contributed by atoms with E-state index in [1.165, 1.54) is 6.42 Å². The lowest BCUT2D eigenvalue weighted by Crippen LogP contribution is -2.18. The first-order valence-corrected chi connectivity index (χ1v) is 5.55. The number of ether oxygens (including phenoxy) is 1. The van der Waals surface area contributed by atoms with Crippen molar-refractivity contribution in [2.45, 2.75) is 25.5 Å². The number of hydrogen-bond donors (Lipinski definition) is 0. The van der Waals surface area contributed by atoms with Gasteiger partial charge >= 0.3 is 0 Å². The van der Waals surface area contributed by atoms with Crippen molar-refractivity contribution in [3.05, 3.63) is 28.4 Å². The number of rotatable bonds is 2. The summed E-state index contributed by atoms with van der Waals surface area (Å²) in [6.07, 6.45) is 6.88. The van der Waals surface area contributed by atoms with Crippen molar-refractivity contribution >= 4 is 0 Å². The number of nitrogens with zero attached hydrogens (tertiary/aromatic N) is 5. The van der Waals surface area contributed by atoms with E-state index in [2.05, 4.69) is 27.0 Å². The molecule has 0 radical (unpaired) electrons. The Bertz CT molecular complexity index is 472. The molecule has 1 fully saturated rings. The SMILES string of the molecule is [N-]=[N+]=NCC#Cc1cnn([C@@H]2CCCCO2)c1. The molecule has 2 heterocycles. The molecule has 0 aliphatic carbocycles. The van der Waals surface area contributed by atoms with Gasteiger partial charge in [-0.3, -0.25) is 0 Å². The Hall–Kier alpha value is -1.96. The fraction of sp³-hybridized carbons (Fsp3) is 0.545.